The zero-order valence-electron chi connectivity index (χ0n) is 18.8. The summed E-state index contributed by atoms with van der Waals surface area (Å²) in [5, 5.41) is 5.46. The number of nitrogens with one attached hydrogen (secondary N) is 1. The van der Waals surface area contributed by atoms with Gasteiger partial charge < -0.3 is 5.32 Å². The fraction of sp³-hybridized carbons (Fsp3) is 0.370. The Morgan fingerprint density at radius 3 is 2.58 bits per heavy atom. The van der Waals surface area contributed by atoms with E-state index in [1.807, 2.05) is 42.5 Å². The van der Waals surface area contributed by atoms with E-state index >= 15 is 0 Å². The van der Waals surface area contributed by atoms with Crippen molar-refractivity contribution in [3.8, 4) is 0 Å². The molecule has 3 aromatic rings. The Morgan fingerprint density at radius 1 is 0.970 bits per heavy atom. The number of rotatable bonds is 7. The molecule has 0 spiro atoms. The second kappa shape index (κ2) is 9.27. The Morgan fingerprint density at radius 2 is 1.76 bits per heavy atom. The molecule has 1 aliphatic heterocycles. The number of benzene rings is 3. The van der Waals surface area contributed by atoms with Crippen molar-refractivity contribution in [3.05, 3.63) is 77.4 Å². The smallest absolute Gasteiger partial charge is 0.228 e. The second-order valence-corrected chi connectivity index (χ2v) is 11.3. The summed E-state index contributed by atoms with van der Waals surface area (Å²) in [4.78, 5) is 13.1. The van der Waals surface area contributed by atoms with Gasteiger partial charge in [-0.1, -0.05) is 54.6 Å². The molecule has 0 aromatic heterocycles. The third-order valence-corrected chi connectivity index (χ3v) is 8.92. The first kappa shape index (κ1) is 22.1. The van der Waals surface area contributed by atoms with E-state index in [1.165, 1.54) is 20.8 Å². The maximum absolute atomic E-state index is 13.1. The number of carbonyl (C=O) groups excluding carboxylic acids is 1. The number of hydrogen-bond donors (Lipinski definition) is 1. The monoisotopic (exact) mass is 462 g/mol. The van der Waals surface area contributed by atoms with Crippen LogP contribution in [0.4, 0.5) is 5.69 Å². The Balaban J connectivity index is 1.23. The minimum absolute atomic E-state index is 0.0853. The lowest BCUT2D eigenvalue weighted by Gasteiger charge is -2.31. The molecule has 3 aromatic carbocycles. The van der Waals surface area contributed by atoms with Crippen molar-refractivity contribution in [2.45, 2.75) is 38.5 Å². The summed E-state index contributed by atoms with van der Waals surface area (Å²) < 4.78 is 27.4. The van der Waals surface area contributed by atoms with E-state index in [9.17, 15) is 13.2 Å². The number of piperidine rings is 1. The van der Waals surface area contributed by atoms with Gasteiger partial charge in [0.25, 0.3) is 0 Å². The van der Waals surface area contributed by atoms with Gasteiger partial charge in [0.1, 0.15) is 0 Å². The molecule has 1 aliphatic carbocycles. The fourth-order valence-electron chi connectivity index (χ4n) is 5.23. The predicted octanol–water partition coefficient (Wildman–Crippen LogP) is 4.55. The molecule has 1 saturated heterocycles. The molecular weight excluding hydrogens is 432 g/mol. The van der Waals surface area contributed by atoms with Crippen LogP contribution in [-0.4, -0.2) is 37.5 Å². The molecule has 2 aliphatic rings. The minimum Gasteiger partial charge on any atom is -0.325 e. The predicted molar refractivity (Wildman–Crippen MR) is 133 cm³/mol. The molecule has 172 valence electrons. The van der Waals surface area contributed by atoms with Crippen LogP contribution in [0.2, 0.25) is 0 Å². The molecule has 1 amide bonds. The molecule has 5 nitrogen and oxygen atoms in total. The topological polar surface area (TPSA) is 66.5 Å². The van der Waals surface area contributed by atoms with Gasteiger partial charge >= 0.3 is 0 Å². The van der Waals surface area contributed by atoms with Gasteiger partial charge in [0.15, 0.2) is 0 Å². The van der Waals surface area contributed by atoms with Crippen LogP contribution < -0.4 is 5.32 Å². The zero-order valence-corrected chi connectivity index (χ0v) is 19.6. The van der Waals surface area contributed by atoms with Gasteiger partial charge in [-0.05, 0) is 66.7 Å². The van der Waals surface area contributed by atoms with Crippen LogP contribution in [0.1, 0.15) is 36.0 Å². The van der Waals surface area contributed by atoms with E-state index in [0.29, 0.717) is 25.8 Å². The van der Waals surface area contributed by atoms with Crippen molar-refractivity contribution >= 4 is 32.4 Å². The fourth-order valence-corrected chi connectivity index (χ4v) is 6.81. The van der Waals surface area contributed by atoms with E-state index < -0.39 is 10.0 Å². The van der Waals surface area contributed by atoms with Crippen LogP contribution in [0.3, 0.4) is 0 Å². The molecule has 5 rings (SSSR count). The molecule has 0 radical (unpaired) electrons. The van der Waals surface area contributed by atoms with Crippen molar-refractivity contribution in [2.24, 2.45) is 5.92 Å². The highest BCUT2D eigenvalue weighted by atomic mass is 32.2. The SMILES string of the molecule is O=C(Nc1ccc2c3c(cccc13)CC2)C1CCCN(S(=O)(=O)CCCc2ccccc2)C1. The van der Waals surface area contributed by atoms with Gasteiger partial charge in [0.05, 0.1) is 11.7 Å². The first-order chi connectivity index (χ1) is 16.0. The number of carbonyl (C=O) groups is 1. The van der Waals surface area contributed by atoms with Crippen molar-refractivity contribution in [2.75, 3.05) is 24.2 Å². The summed E-state index contributed by atoms with van der Waals surface area (Å²) in [6.45, 7) is 0.763. The van der Waals surface area contributed by atoms with Crippen molar-refractivity contribution in [3.63, 3.8) is 0 Å². The van der Waals surface area contributed by atoms with E-state index in [4.69, 9.17) is 0 Å². The van der Waals surface area contributed by atoms with Crippen LogP contribution in [0.15, 0.2) is 60.7 Å². The minimum atomic E-state index is -3.38. The molecule has 1 atom stereocenters. The maximum atomic E-state index is 13.1. The molecular formula is C27H30N2O3S. The quantitative estimate of drug-likeness (QED) is 0.560. The van der Waals surface area contributed by atoms with E-state index in [2.05, 4.69) is 23.5 Å². The van der Waals surface area contributed by atoms with Crippen LogP contribution in [0.25, 0.3) is 10.8 Å². The first-order valence-electron chi connectivity index (χ1n) is 11.9. The Hall–Kier alpha value is -2.70. The number of nitrogens with zero attached hydrogens (tertiary/aromatic N) is 1. The Kier molecular flexibility index (Phi) is 6.21. The summed E-state index contributed by atoms with van der Waals surface area (Å²) in [5.41, 5.74) is 4.65. The summed E-state index contributed by atoms with van der Waals surface area (Å²) in [6.07, 6.45) is 4.83. The third kappa shape index (κ3) is 4.68. The van der Waals surface area contributed by atoms with Crippen molar-refractivity contribution in [1.29, 1.82) is 0 Å². The normalized spacial score (nSPS) is 18.5. The van der Waals surface area contributed by atoms with Crippen LogP contribution in [0.5, 0.6) is 0 Å². The highest BCUT2D eigenvalue weighted by Gasteiger charge is 2.32. The molecule has 1 unspecified atom stereocenters. The van der Waals surface area contributed by atoms with Crippen LogP contribution in [0, 0.1) is 5.92 Å². The van der Waals surface area contributed by atoms with Gasteiger partial charge in [-0.3, -0.25) is 4.79 Å². The molecule has 1 N–H and O–H groups in total. The molecule has 0 saturated carbocycles. The van der Waals surface area contributed by atoms with E-state index in [1.54, 1.807) is 0 Å². The lowest BCUT2D eigenvalue weighted by Crippen LogP contribution is -2.44. The summed E-state index contributed by atoms with van der Waals surface area (Å²) in [6, 6.07) is 20.3. The van der Waals surface area contributed by atoms with Gasteiger partial charge in [0.2, 0.25) is 15.9 Å². The van der Waals surface area contributed by atoms with Crippen LogP contribution in [-0.2, 0) is 34.1 Å². The van der Waals surface area contributed by atoms with Crippen LogP contribution >= 0.6 is 0 Å². The standard InChI is InChI=1S/C27H30N2O3S/c30-27(28-25-16-15-22-14-13-21-10-4-12-24(25)26(21)22)23-11-5-17-29(19-23)33(31,32)18-6-9-20-7-2-1-3-8-20/h1-4,7-8,10,12,15-16,23H,5-6,9,11,13-14,17-19H2,(H,28,30). The number of anilines is 1. The average molecular weight is 463 g/mol. The number of sulfonamides is 1. The van der Waals surface area contributed by atoms with Crippen molar-refractivity contribution in [1.82, 2.24) is 4.31 Å². The van der Waals surface area contributed by atoms with E-state index in [-0.39, 0.29) is 24.1 Å². The Bertz CT molecular complexity index is 1260. The average Bonchev–Trinajstić information content (AvgIpc) is 3.26. The molecule has 33 heavy (non-hydrogen) atoms. The summed E-state index contributed by atoms with van der Waals surface area (Å²) in [7, 11) is -3.38. The van der Waals surface area contributed by atoms with Gasteiger partial charge in [-0.25, -0.2) is 12.7 Å². The van der Waals surface area contributed by atoms with Crippen molar-refractivity contribution < 1.29 is 13.2 Å². The molecule has 0 bridgehead atoms. The summed E-state index contributed by atoms with van der Waals surface area (Å²) >= 11 is 0. The third-order valence-electron chi connectivity index (χ3n) is 6.99. The largest absolute Gasteiger partial charge is 0.325 e. The number of aryl methyl sites for hydroxylation is 3. The van der Waals surface area contributed by atoms with Gasteiger partial charge in [0, 0.05) is 24.2 Å². The highest BCUT2D eigenvalue weighted by Crippen LogP contribution is 2.35. The molecule has 1 heterocycles. The van der Waals surface area contributed by atoms with Gasteiger partial charge in [-0.2, -0.15) is 0 Å². The maximum Gasteiger partial charge on any atom is 0.228 e. The lowest BCUT2D eigenvalue weighted by atomic mass is 9.98. The lowest BCUT2D eigenvalue weighted by molar-refractivity contribution is -0.120. The highest BCUT2D eigenvalue weighted by molar-refractivity contribution is 7.89. The number of hydrogen-bond acceptors (Lipinski definition) is 3. The Labute approximate surface area is 195 Å². The molecule has 6 heteroatoms. The molecule has 1 fully saturated rings. The van der Waals surface area contributed by atoms with E-state index in [0.717, 1.165) is 35.9 Å². The first-order valence-corrected chi connectivity index (χ1v) is 13.5. The second-order valence-electron chi connectivity index (χ2n) is 9.20. The zero-order chi connectivity index (χ0) is 22.8. The van der Waals surface area contributed by atoms with Gasteiger partial charge in [-0.15, -0.1) is 0 Å². The number of amides is 1. The summed E-state index contributed by atoms with van der Waals surface area (Å²) in [5.74, 6) is -0.297.